The summed E-state index contributed by atoms with van der Waals surface area (Å²) in [6, 6.07) is 10.6. The van der Waals surface area contributed by atoms with E-state index in [1.54, 1.807) is 24.3 Å². The predicted molar refractivity (Wildman–Crippen MR) is 142 cm³/mol. The summed E-state index contributed by atoms with van der Waals surface area (Å²) in [6.45, 7) is 8.53. The van der Waals surface area contributed by atoms with E-state index in [1.165, 1.54) is 16.5 Å². The fraction of sp³-hybridized carbons (Fsp3) is 0.300. The van der Waals surface area contributed by atoms with Crippen LogP contribution < -0.4 is 4.74 Å². The zero-order valence-electron chi connectivity index (χ0n) is 21.7. The molecule has 1 aromatic heterocycles. The summed E-state index contributed by atoms with van der Waals surface area (Å²) < 4.78 is 11.9. The van der Waals surface area contributed by atoms with Gasteiger partial charge in [0.2, 0.25) is 11.8 Å². The number of fused-ring (bicyclic) bond motifs is 1. The maximum absolute atomic E-state index is 12.7. The van der Waals surface area contributed by atoms with E-state index >= 15 is 0 Å². The molecule has 0 saturated carbocycles. The van der Waals surface area contributed by atoms with Crippen molar-refractivity contribution in [1.29, 1.82) is 0 Å². The van der Waals surface area contributed by atoms with Crippen LogP contribution in [0, 0.1) is 20.8 Å². The van der Waals surface area contributed by atoms with E-state index in [2.05, 4.69) is 18.0 Å². The number of carboxylic acids is 1. The fourth-order valence-corrected chi connectivity index (χ4v) is 4.63. The Balaban J connectivity index is 1.47. The van der Waals surface area contributed by atoms with Gasteiger partial charge in [-0.25, -0.2) is 9.78 Å². The molecule has 0 bridgehead atoms. The third-order valence-corrected chi connectivity index (χ3v) is 6.52. The topological polar surface area (TPSA) is 92.9 Å². The summed E-state index contributed by atoms with van der Waals surface area (Å²) in [5.41, 5.74) is 5.57. The van der Waals surface area contributed by atoms with Gasteiger partial charge in [-0.1, -0.05) is 42.0 Å². The molecule has 1 aliphatic rings. The number of allylic oxidation sites excluding steroid dienone is 3. The summed E-state index contributed by atoms with van der Waals surface area (Å²) in [7, 11) is 0. The van der Waals surface area contributed by atoms with Gasteiger partial charge in [-0.2, -0.15) is 0 Å². The van der Waals surface area contributed by atoms with Crippen LogP contribution in [0.5, 0.6) is 5.75 Å². The molecule has 0 radical (unpaired) electrons. The number of hydrogen-bond donors (Lipinski definition) is 1. The smallest absolute Gasteiger partial charge is 0.331 e. The summed E-state index contributed by atoms with van der Waals surface area (Å²) in [5, 5.41) is 9.96. The number of nitrogens with zero attached hydrogens (tertiary/aromatic N) is 2. The molecule has 1 aliphatic heterocycles. The third-order valence-electron chi connectivity index (χ3n) is 6.52. The summed E-state index contributed by atoms with van der Waals surface area (Å²) in [5.74, 6) is 0.498. The first-order chi connectivity index (χ1) is 17.8. The Morgan fingerprint density at radius 3 is 2.70 bits per heavy atom. The van der Waals surface area contributed by atoms with E-state index in [1.807, 2.05) is 45.0 Å². The van der Waals surface area contributed by atoms with Crippen molar-refractivity contribution in [3.05, 3.63) is 94.4 Å². The van der Waals surface area contributed by atoms with E-state index in [0.29, 0.717) is 43.2 Å². The lowest BCUT2D eigenvalue weighted by atomic mass is 9.92. The average molecular weight is 501 g/mol. The lowest BCUT2D eigenvalue weighted by Crippen LogP contribution is -2.42. The number of benzene rings is 2. The Hall–Kier alpha value is -4.13. The second-order valence-corrected chi connectivity index (χ2v) is 9.21. The van der Waals surface area contributed by atoms with Crippen molar-refractivity contribution in [1.82, 2.24) is 9.88 Å². The minimum absolute atomic E-state index is 0.330. The Labute approximate surface area is 217 Å². The zero-order chi connectivity index (χ0) is 26.5. The van der Waals surface area contributed by atoms with Gasteiger partial charge in [-0.3, -0.25) is 4.79 Å². The molecule has 37 heavy (non-hydrogen) atoms. The number of amides is 1. The SMILES string of the molecule is CC=CC=CC(=O)N1CCc2ccc(OCCc3nc(-c4ccc(C)cc4C)oc3C)cc2C1C(=O)O. The first-order valence-electron chi connectivity index (χ1n) is 12.4. The van der Waals surface area contributed by atoms with E-state index < -0.39 is 12.0 Å². The molecule has 0 spiro atoms. The molecule has 1 N–H and O–H groups in total. The first-order valence-corrected chi connectivity index (χ1v) is 12.4. The second kappa shape index (κ2) is 11.3. The van der Waals surface area contributed by atoms with E-state index in [4.69, 9.17) is 9.15 Å². The molecule has 2 aromatic carbocycles. The standard InChI is InChI=1S/C30H32N2O5/c1-5-6-7-8-27(33)32-15-13-22-10-11-23(18-25(22)28(32)30(34)35)36-16-14-26-21(4)37-29(31-26)24-12-9-19(2)17-20(24)3/h5-12,17-18,28H,13-16H2,1-4H3,(H,34,35). The molecule has 1 amide bonds. The highest BCUT2D eigenvalue weighted by atomic mass is 16.5. The lowest BCUT2D eigenvalue weighted by molar-refractivity contribution is -0.149. The zero-order valence-corrected chi connectivity index (χ0v) is 21.7. The van der Waals surface area contributed by atoms with Gasteiger partial charge in [-0.15, -0.1) is 0 Å². The second-order valence-electron chi connectivity index (χ2n) is 9.21. The molecular formula is C30H32N2O5. The van der Waals surface area contributed by atoms with Crippen LogP contribution in [0.15, 0.2) is 65.1 Å². The van der Waals surface area contributed by atoms with Crippen LogP contribution in [0.1, 0.15) is 46.7 Å². The molecule has 0 fully saturated rings. The van der Waals surface area contributed by atoms with Crippen LogP contribution in [0.25, 0.3) is 11.5 Å². The van der Waals surface area contributed by atoms with Crippen molar-refractivity contribution >= 4 is 11.9 Å². The van der Waals surface area contributed by atoms with Crippen LogP contribution in [-0.4, -0.2) is 40.0 Å². The quantitative estimate of drug-likeness (QED) is 0.323. The van der Waals surface area contributed by atoms with Gasteiger partial charge in [0.15, 0.2) is 6.04 Å². The van der Waals surface area contributed by atoms with Crippen molar-refractivity contribution in [2.45, 2.75) is 46.6 Å². The van der Waals surface area contributed by atoms with Crippen LogP contribution in [0.4, 0.5) is 0 Å². The number of aromatic nitrogens is 1. The maximum Gasteiger partial charge on any atom is 0.331 e. The van der Waals surface area contributed by atoms with E-state index in [9.17, 15) is 14.7 Å². The number of carbonyl (C=O) groups excluding carboxylic acids is 1. The van der Waals surface area contributed by atoms with Gasteiger partial charge in [0.1, 0.15) is 11.5 Å². The molecule has 3 aromatic rings. The number of aryl methyl sites for hydroxylation is 3. The van der Waals surface area contributed by atoms with Crippen molar-refractivity contribution in [2.75, 3.05) is 13.2 Å². The summed E-state index contributed by atoms with van der Waals surface area (Å²) in [4.78, 5) is 30.9. The van der Waals surface area contributed by atoms with Crippen molar-refractivity contribution in [3.8, 4) is 17.2 Å². The first kappa shape index (κ1) is 25.9. The molecule has 2 heterocycles. The molecule has 1 unspecified atom stereocenters. The van der Waals surface area contributed by atoms with Gasteiger partial charge in [0.25, 0.3) is 0 Å². The number of oxazole rings is 1. The highest BCUT2D eigenvalue weighted by Gasteiger charge is 2.35. The molecule has 7 nitrogen and oxygen atoms in total. The van der Waals surface area contributed by atoms with Gasteiger partial charge < -0.3 is 19.2 Å². The minimum Gasteiger partial charge on any atom is -0.493 e. The Kier molecular flexibility index (Phi) is 7.92. The molecule has 192 valence electrons. The monoisotopic (exact) mass is 500 g/mol. The van der Waals surface area contributed by atoms with Gasteiger partial charge in [0.05, 0.1) is 12.3 Å². The molecule has 0 aliphatic carbocycles. The normalized spacial score (nSPS) is 15.4. The van der Waals surface area contributed by atoms with E-state index in [0.717, 1.165) is 28.1 Å². The highest BCUT2D eigenvalue weighted by molar-refractivity contribution is 5.92. The van der Waals surface area contributed by atoms with Gasteiger partial charge in [0, 0.05) is 24.6 Å². The number of rotatable bonds is 8. The lowest BCUT2D eigenvalue weighted by Gasteiger charge is -2.34. The molecule has 4 rings (SSSR count). The summed E-state index contributed by atoms with van der Waals surface area (Å²) in [6.07, 6.45) is 7.68. The maximum atomic E-state index is 12.7. The van der Waals surface area contributed by atoms with Crippen LogP contribution >= 0.6 is 0 Å². The minimum atomic E-state index is -1.07. The fourth-order valence-electron chi connectivity index (χ4n) is 4.63. The van der Waals surface area contributed by atoms with Gasteiger partial charge in [-0.05, 0) is 69.0 Å². The number of carboxylic acid groups (broad SMARTS) is 1. The predicted octanol–water partition coefficient (Wildman–Crippen LogP) is 5.53. The molecule has 0 saturated heterocycles. The summed E-state index contributed by atoms with van der Waals surface area (Å²) >= 11 is 0. The van der Waals surface area contributed by atoms with Crippen molar-refractivity contribution < 1.29 is 23.8 Å². The Bertz CT molecular complexity index is 1370. The number of carbonyl (C=O) groups is 2. The van der Waals surface area contributed by atoms with Crippen molar-refractivity contribution in [3.63, 3.8) is 0 Å². The molecule has 7 heteroatoms. The van der Waals surface area contributed by atoms with E-state index in [-0.39, 0.29) is 5.91 Å². The average Bonchev–Trinajstić information content (AvgIpc) is 3.23. The largest absolute Gasteiger partial charge is 0.493 e. The third kappa shape index (κ3) is 5.82. The Morgan fingerprint density at radius 2 is 1.97 bits per heavy atom. The van der Waals surface area contributed by atoms with Gasteiger partial charge >= 0.3 is 5.97 Å². The van der Waals surface area contributed by atoms with Crippen LogP contribution in [0.3, 0.4) is 0 Å². The van der Waals surface area contributed by atoms with Crippen LogP contribution in [-0.2, 0) is 22.4 Å². The Morgan fingerprint density at radius 1 is 1.16 bits per heavy atom. The van der Waals surface area contributed by atoms with Crippen LogP contribution in [0.2, 0.25) is 0 Å². The molecule has 1 atom stereocenters. The number of ether oxygens (including phenoxy) is 1. The highest BCUT2D eigenvalue weighted by Crippen LogP contribution is 2.33. The number of hydrogen-bond acceptors (Lipinski definition) is 5. The number of aliphatic carboxylic acids is 1. The van der Waals surface area contributed by atoms with Crippen molar-refractivity contribution in [2.24, 2.45) is 0 Å². The molecular weight excluding hydrogens is 468 g/mol.